The lowest BCUT2D eigenvalue weighted by atomic mass is 9.74. The second-order valence-electron chi connectivity index (χ2n) is 9.25. The molecule has 2 aliphatic rings. The van der Waals surface area contributed by atoms with E-state index in [0.29, 0.717) is 36.9 Å². The zero-order valence-corrected chi connectivity index (χ0v) is 19.2. The lowest BCUT2D eigenvalue weighted by Crippen LogP contribution is -2.54. The number of carbonyl (C=O) groups excluding carboxylic acids is 1. The number of urea groups is 1. The Kier molecular flexibility index (Phi) is 7.19. The van der Waals surface area contributed by atoms with Gasteiger partial charge >= 0.3 is 6.03 Å². The van der Waals surface area contributed by atoms with Gasteiger partial charge < -0.3 is 16.0 Å². The third-order valence-electron chi connectivity index (χ3n) is 6.86. The molecule has 172 valence electrons. The number of likely N-dealkylation sites (N-methyl/N-ethyl adjacent to an activating group) is 1. The molecule has 0 unspecified atom stereocenters. The Morgan fingerprint density at radius 2 is 2.22 bits per heavy atom. The van der Waals surface area contributed by atoms with E-state index in [-0.39, 0.29) is 6.03 Å². The summed E-state index contributed by atoms with van der Waals surface area (Å²) in [5.41, 5.74) is 9.32. The molecule has 1 saturated heterocycles. The number of hydrogen-bond acceptors (Lipinski definition) is 6. The van der Waals surface area contributed by atoms with Crippen LogP contribution in [0.4, 0.5) is 10.7 Å². The van der Waals surface area contributed by atoms with Crippen molar-refractivity contribution in [2.24, 2.45) is 11.8 Å². The molecular formula is C24H35N7O. The van der Waals surface area contributed by atoms with Gasteiger partial charge in [0.2, 0.25) is 5.95 Å². The first-order valence-corrected chi connectivity index (χ1v) is 11.8. The third-order valence-corrected chi connectivity index (χ3v) is 6.86. The van der Waals surface area contributed by atoms with Crippen LogP contribution in [-0.4, -0.2) is 70.1 Å². The van der Waals surface area contributed by atoms with Gasteiger partial charge in [0.1, 0.15) is 0 Å². The minimum atomic E-state index is -0.00689. The first kappa shape index (κ1) is 22.5. The number of carbonyl (C=O) groups is 1. The first-order valence-electron chi connectivity index (χ1n) is 11.8. The number of nitrogens with one attached hydrogen (secondary N) is 1. The van der Waals surface area contributed by atoms with Crippen molar-refractivity contribution in [3.63, 3.8) is 0 Å². The molecule has 0 bridgehead atoms. The summed E-state index contributed by atoms with van der Waals surface area (Å²) in [7, 11) is 1.86. The molecular weight excluding hydrogens is 402 g/mol. The fourth-order valence-electron chi connectivity index (χ4n) is 5.22. The number of piperidine rings is 1. The minimum absolute atomic E-state index is 0.00689. The highest BCUT2D eigenvalue weighted by molar-refractivity contribution is 5.73. The van der Waals surface area contributed by atoms with Crippen LogP contribution in [0, 0.1) is 11.8 Å². The van der Waals surface area contributed by atoms with Crippen molar-refractivity contribution in [2.75, 3.05) is 39.0 Å². The molecule has 1 aliphatic carbocycles. The number of fused-ring (bicyclic) bond motifs is 2. The molecule has 8 heteroatoms. The number of likely N-dealkylation sites (tertiary alicyclic amines) is 1. The molecule has 2 aromatic rings. The van der Waals surface area contributed by atoms with Crippen molar-refractivity contribution < 1.29 is 4.79 Å². The van der Waals surface area contributed by atoms with Crippen LogP contribution in [0.25, 0.3) is 0 Å². The van der Waals surface area contributed by atoms with E-state index in [1.54, 1.807) is 11.1 Å². The lowest BCUT2D eigenvalue weighted by Gasteiger charge is -2.47. The van der Waals surface area contributed by atoms with Gasteiger partial charge in [-0.05, 0) is 67.7 Å². The SMILES string of the molecule is CCCN1C[C@@H](CNC(=O)N(C)CCc2cccnc2)C[C@@H]2Cc3nc(N)ncc3C[C@H]21. The van der Waals surface area contributed by atoms with E-state index in [1.807, 2.05) is 31.6 Å². The molecule has 1 fully saturated rings. The Bertz CT molecular complexity index is 906. The Morgan fingerprint density at radius 3 is 3.00 bits per heavy atom. The number of nitrogen functional groups attached to an aromatic ring is 1. The maximum absolute atomic E-state index is 12.7. The maximum atomic E-state index is 12.7. The van der Waals surface area contributed by atoms with E-state index in [9.17, 15) is 4.79 Å². The first-order chi connectivity index (χ1) is 15.5. The summed E-state index contributed by atoms with van der Waals surface area (Å²) in [5.74, 6) is 1.35. The van der Waals surface area contributed by atoms with Crippen molar-refractivity contribution in [3.8, 4) is 0 Å². The van der Waals surface area contributed by atoms with Gasteiger partial charge in [0.25, 0.3) is 0 Å². The number of hydrogen-bond donors (Lipinski definition) is 2. The van der Waals surface area contributed by atoms with E-state index < -0.39 is 0 Å². The molecule has 4 rings (SSSR count). The zero-order valence-electron chi connectivity index (χ0n) is 19.2. The van der Waals surface area contributed by atoms with Gasteiger partial charge in [-0.15, -0.1) is 0 Å². The number of aromatic nitrogens is 3. The third kappa shape index (κ3) is 5.35. The number of rotatable bonds is 7. The second kappa shape index (κ2) is 10.3. The van der Waals surface area contributed by atoms with Crippen LogP contribution in [0.2, 0.25) is 0 Å². The Balaban J connectivity index is 1.32. The molecule has 3 heterocycles. The highest BCUT2D eigenvalue weighted by Crippen LogP contribution is 2.36. The summed E-state index contributed by atoms with van der Waals surface area (Å²) < 4.78 is 0. The van der Waals surface area contributed by atoms with Crippen LogP contribution >= 0.6 is 0 Å². The number of nitrogens with two attached hydrogens (primary N) is 1. The van der Waals surface area contributed by atoms with E-state index in [1.165, 1.54) is 5.56 Å². The molecule has 32 heavy (non-hydrogen) atoms. The number of amides is 2. The Morgan fingerprint density at radius 1 is 1.34 bits per heavy atom. The number of pyridine rings is 1. The second-order valence-corrected chi connectivity index (χ2v) is 9.25. The number of nitrogens with zero attached hydrogens (tertiary/aromatic N) is 5. The van der Waals surface area contributed by atoms with Crippen molar-refractivity contribution in [1.29, 1.82) is 0 Å². The molecule has 0 spiro atoms. The molecule has 3 N–H and O–H groups in total. The van der Waals surface area contributed by atoms with Crippen LogP contribution in [0.5, 0.6) is 0 Å². The Hall–Kier alpha value is -2.74. The van der Waals surface area contributed by atoms with Crippen LogP contribution in [0.1, 0.15) is 36.6 Å². The lowest BCUT2D eigenvalue weighted by molar-refractivity contribution is 0.0485. The molecule has 0 saturated carbocycles. The fourth-order valence-corrected chi connectivity index (χ4v) is 5.22. The average Bonchev–Trinajstić information content (AvgIpc) is 2.80. The summed E-state index contributed by atoms with van der Waals surface area (Å²) in [5, 5.41) is 3.17. The van der Waals surface area contributed by atoms with E-state index in [2.05, 4.69) is 32.1 Å². The standard InChI is InChI=1S/C24H35N7O/c1-3-8-31-16-18(10-19-11-21-20(12-22(19)31)15-27-23(25)29-21)14-28-24(32)30(2)9-6-17-5-4-7-26-13-17/h4-5,7,13,15,18-19,22H,3,6,8-12,14,16H2,1-2H3,(H,28,32)(H2,25,27,29)/t18-,19-,22-/m1/s1. The maximum Gasteiger partial charge on any atom is 0.317 e. The predicted octanol–water partition coefficient (Wildman–Crippen LogP) is 2.15. The van der Waals surface area contributed by atoms with E-state index in [0.717, 1.165) is 56.5 Å². The molecule has 0 radical (unpaired) electrons. The van der Waals surface area contributed by atoms with Crippen LogP contribution in [-0.2, 0) is 19.3 Å². The van der Waals surface area contributed by atoms with E-state index in [4.69, 9.17) is 5.73 Å². The highest BCUT2D eigenvalue weighted by atomic mass is 16.2. The summed E-state index contributed by atoms with van der Waals surface area (Å²) in [4.78, 5) is 29.9. The Labute approximate surface area is 190 Å². The largest absolute Gasteiger partial charge is 0.368 e. The van der Waals surface area contributed by atoms with Gasteiger partial charge in [-0.1, -0.05) is 13.0 Å². The quantitative estimate of drug-likeness (QED) is 0.688. The molecule has 2 aromatic heterocycles. The van der Waals surface area contributed by atoms with Gasteiger partial charge in [-0.3, -0.25) is 9.88 Å². The molecule has 8 nitrogen and oxygen atoms in total. The predicted molar refractivity (Wildman–Crippen MR) is 125 cm³/mol. The average molecular weight is 438 g/mol. The van der Waals surface area contributed by atoms with Crippen LogP contribution in [0.15, 0.2) is 30.7 Å². The normalized spacial score (nSPS) is 22.6. The molecule has 3 atom stereocenters. The zero-order chi connectivity index (χ0) is 22.5. The van der Waals surface area contributed by atoms with Crippen molar-refractivity contribution >= 4 is 12.0 Å². The van der Waals surface area contributed by atoms with Crippen molar-refractivity contribution in [1.82, 2.24) is 30.1 Å². The summed E-state index contributed by atoms with van der Waals surface area (Å²) in [6, 6.07) is 4.49. The van der Waals surface area contributed by atoms with Gasteiger partial charge in [0.05, 0.1) is 0 Å². The monoisotopic (exact) mass is 437 g/mol. The summed E-state index contributed by atoms with van der Waals surface area (Å²) in [6.45, 7) is 5.73. The van der Waals surface area contributed by atoms with Gasteiger partial charge in [-0.2, -0.15) is 0 Å². The highest BCUT2D eigenvalue weighted by Gasteiger charge is 2.39. The molecule has 0 aromatic carbocycles. The number of anilines is 1. The van der Waals surface area contributed by atoms with E-state index >= 15 is 0 Å². The van der Waals surface area contributed by atoms with Crippen molar-refractivity contribution in [2.45, 2.75) is 45.1 Å². The fraction of sp³-hybridized carbons (Fsp3) is 0.583. The van der Waals surface area contributed by atoms with Gasteiger partial charge in [-0.25, -0.2) is 14.8 Å². The summed E-state index contributed by atoms with van der Waals surface area (Å²) >= 11 is 0. The topological polar surface area (TPSA) is 100 Å². The van der Waals surface area contributed by atoms with Gasteiger partial charge in [0.15, 0.2) is 0 Å². The summed E-state index contributed by atoms with van der Waals surface area (Å²) in [6.07, 6.45) is 10.5. The van der Waals surface area contributed by atoms with Crippen LogP contribution < -0.4 is 11.1 Å². The molecule has 2 amide bonds. The minimum Gasteiger partial charge on any atom is -0.368 e. The smallest absolute Gasteiger partial charge is 0.317 e. The van der Waals surface area contributed by atoms with Crippen molar-refractivity contribution in [3.05, 3.63) is 47.5 Å². The molecule has 1 aliphatic heterocycles. The van der Waals surface area contributed by atoms with Gasteiger partial charge in [0, 0.05) is 57.0 Å². The van der Waals surface area contributed by atoms with Crippen LogP contribution in [0.3, 0.4) is 0 Å².